The summed E-state index contributed by atoms with van der Waals surface area (Å²) in [6, 6.07) is 2.02. The molecule has 1 aromatic rings. The minimum Gasteiger partial charge on any atom is -0.369 e. The summed E-state index contributed by atoms with van der Waals surface area (Å²) in [5.41, 5.74) is 6.29. The molecule has 0 atom stereocenters. The summed E-state index contributed by atoms with van der Waals surface area (Å²) in [5, 5.41) is 0. The molecule has 0 fully saturated rings. The summed E-state index contributed by atoms with van der Waals surface area (Å²) < 4.78 is 0. The van der Waals surface area contributed by atoms with Crippen LogP contribution in [-0.4, -0.2) is 5.91 Å². The van der Waals surface area contributed by atoms with Crippen molar-refractivity contribution in [1.29, 1.82) is 0 Å². The number of carbonyl (C=O) groups is 1. The van der Waals surface area contributed by atoms with Gasteiger partial charge in [0, 0.05) is 9.75 Å². The molecule has 0 aromatic carbocycles. The van der Waals surface area contributed by atoms with Crippen molar-refractivity contribution in [3.63, 3.8) is 0 Å². The van der Waals surface area contributed by atoms with Crippen molar-refractivity contribution in [2.45, 2.75) is 20.3 Å². The first-order chi connectivity index (χ1) is 5.09. The fourth-order valence-corrected chi connectivity index (χ4v) is 1.97. The largest absolute Gasteiger partial charge is 0.369 e. The Morgan fingerprint density at radius 1 is 1.64 bits per heavy atom. The second kappa shape index (κ2) is 3.05. The minimum atomic E-state index is -0.258. The average molecular weight is 169 g/mol. The molecule has 0 aliphatic heterocycles. The van der Waals surface area contributed by atoms with E-state index in [1.165, 1.54) is 10.4 Å². The third-order valence-corrected chi connectivity index (χ3v) is 2.72. The zero-order valence-electron chi connectivity index (χ0n) is 6.68. The van der Waals surface area contributed by atoms with E-state index in [4.69, 9.17) is 5.73 Å². The predicted molar refractivity (Wildman–Crippen MR) is 46.7 cm³/mol. The van der Waals surface area contributed by atoms with Gasteiger partial charge in [-0.3, -0.25) is 4.79 Å². The van der Waals surface area contributed by atoms with Crippen molar-refractivity contribution in [2.75, 3.05) is 0 Å². The van der Waals surface area contributed by atoms with Crippen molar-refractivity contribution in [3.8, 4) is 0 Å². The molecule has 1 aromatic heterocycles. The normalized spacial score (nSPS) is 10.0. The van der Waals surface area contributed by atoms with Crippen LogP contribution in [0.5, 0.6) is 0 Å². The lowest BCUT2D eigenvalue weighted by Crippen LogP contribution is -2.12. The van der Waals surface area contributed by atoms with E-state index in [-0.39, 0.29) is 5.91 Å². The number of carbonyl (C=O) groups excluding carboxylic acids is 1. The van der Waals surface area contributed by atoms with Crippen LogP contribution < -0.4 is 5.73 Å². The highest BCUT2D eigenvalue weighted by Gasteiger charge is 2.03. The summed E-state index contributed by atoms with van der Waals surface area (Å²) in [7, 11) is 0. The SMILES string of the molecule is Cc1cc(CC(N)=O)sc1C. The number of primary amides is 1. The van der Waals surface area contributed by atoms with Gasteiger partial charge in [0.1, 0.15) is 0 Å². The Kier molecular flexibility index (Phi) is 2.29. The molecule has 2 N–H and O–H groups in total. The van der Waals surface area contributed by atoms with Crippen LogP contribution in [0.25, 0.3) is 0 Å². The highest BCUT2D eigenvalue weighted by Crippen LogP contribution is 2.20. The molecule has 0 saturated carbocycles. The molecule has 60 valence electrons. The summed E-state index contributed by atoms with van der Waals surface area (Å²) in [4.78, 5) is 12.8. The van der Waals surface area contributed by atoms with Gasteiger partial charge in [-0.15, -0.1) is 11.3 Å². The smallest absolute Gasteiger partial charge is 0.222 e. The highest BCUT2D eigenvalue weighted by atomic mass is 32.1. The standard InChI is InChI=1S/C8H11NOS/c1-5-3-7(4-8(9)10)11-6(5)2/h3H,4H2,1-2H3,(H2,9,10). The molecule has 0 radical (unpaired) electrons. The molecule has 0 bridgehead atoms. The van der Waals surface area contributed by atoms with Gasteiger partial charge in [0.25, 0.3) is 0 Å². The maximum absolute atomic E-state index is 10.5. The van der Waals surface area contributed by atoms with E-state index in [1.807, 2.05) is 19.9 Å². The lowest BCUT2D eigenvalue weighted by Gasteiger charge is -1.87. The van der Waals surface area contributed by atoms with Crippen molar-refractivity contribution >= 4 is 17.2 Å². The summed E-state index contributed by atoms with van der Waals surface area (Å²) >= 11 is 1.64. The fourth-order valence-electron chi connectivity index (χ4n) is 0.909. The minimum absolute atomic E-state index is 0.258. The first-order valence-corrected chi connectivity index (χ1v) is 4.25. The van der Waals surface area contributed by atoms with Gasteiger partial charge in [-0.05, 0) is 25.5 Å². The van der Waals surface area contributed by atoms with Gasteiger partial charge in [-0.2, -0.15) is 0 Å². The fraction of sp³-hybridized carbons (Fsp3) is 0.375. The zero-order chi connectivity index (χ0) is 8.43. The quantitative estimate of drug-likeness (QED) is 0.714. The van der Waals surface area contributed by atoms with Gasteiger partial charge in [0.05, 0.1) is 6.42 Å². The third kappa shape index (κ3) is 2.05. The Bertz CT molecular complexity index is 258. The molecule has 11 heavy (non-hydrogen) atoms. The summed E-state index contributed by atoms with van der Waals surface area (Å²) in [6.45, 7) is 4.08. The van der Waals surface area contributed by atoms with Gasteiger partial charge in [0.2, 0.25) is 5.91 Å². The van der Waals surface area contributed by atoms with E-state index in [1.54, 1.807) is 11.3 Å². The Morgan fingerprint density at radius 3 is 2.64 bits per heavy atom. The second-order valence-corrected chi connectivity index (χ2v) is 3.94. The van der Waals surface area contributed by atoms with Crippen LogP contribution in [0.2, 0.25) is 0 Å². The molecule has 0 spiro atoms. The number of nitrogens with two attached hydrogens (primary N) is 1. The first-order valence-electron chi connectivity index (χ1n) is 3.44. The average Bonchev–Trinajstić information content (AvgIpc) is 2.10. The molecular weight excluding hydrogens is 158 g/mol. The third-order valence-electron chi connectivity index (χ3n) is 1.57. The Balaban J connectivity index is 2.81. The van der Waals surface area contributed by atoms with Crippen LogP contribution >= 0.6 is 11.3 Å². The predicted octanol–water partition coefficient (Wildman–Crippen LogP) is 1.39. The first kappa shape index (κ1) is 8.27. The molecule has 1 heterocycles. The molecule has 0 unspecified atom stereocenters. The van der Waals surface area contributed by atoms with Crippen LogP contribution in [0.3, 0.4) is 0 Å². The highest BCUT2D eigenvalue weighted by molar-refractivity contribution is 7.12. The monoisotopic (exact) mass is 169 g/mol. The Morgan fingerprint density at radius 2 is 2.27 bits per heavy atom. The van der Waals surface area contributed by atoms with Crippen LogP contribution in [0.4, 0.5) is 0 Å². The van der Waals surface area contributed by atoms with E-state index in [2.05, 4.69) is 0 Å². The van der Waals surface area contributed by atoms with Gasteiger partial charge < -0.3 is 5.73 Å². The molecule has 0 aliphatic carbocycles. The van der Waals surface area contributed by atoms with E-state index in [9.17, 15) is 4.79 Å². The number of aryl methyl sites for hydroxylation is 2. The van der Waals surface area contributed by atoms with Gasteiger partial charge in [-0.1, -0.05) is 0 Å². The van der Waals surface area contributed by atoms with Crippen molar-refractivity contribution in [3.05, 3.63) is 21.4 Å². The van der Waals surface area contributed by atoms with E-state index >= 15 is 0 Å². The van der Waals surface area contributed by atoms with Crippen molar-refractivity contribution < 1.29 is 4.79 Å². The maximum Gasteiger partial charge on any atom is 0.222 e. The molecule has 1 rings (SSSR count). The maximum atomic E-state index is 10.5. The number of thiophene rings is 1. The van der Waals surface area contributed by atoms with Gasteiger partial charge in [-0.25, -0.2) is 0 Å². The van der Waals surface area contributed by atoms with Gasteiger partial charge >= 0.3 is 0 Å². The Hall–Kier alpha value is -0.830. The van der Waals surface area contributed by atoms with E-state index < -0.39 is 0 Å². The van der Waals surface area contributed by atoms with Crippen LogP contribution in [-0.2, 0) is 11.2 Å². The number of rotatable bonds is 2. The van der Waals surface area contributed by atoms with Gasteiger partial charge in [0.15, 0.2) is 0 Å². The molecule has 0 aliphatic rings. The topological polar surface area (TPSA) is 43.1 Å². The number of amides is 1. The summed E-state index contributed by atoms with van der Waals surface area (Å²) in [5.74, 6) is -0.258. The zero-order valence-corrected chi connectivity index (χ0v) is 7.49. The van der Waals surface area contributed by atoms with Crippen LogP contribution in [0.15, 0.2) is 6.07 Å². The molecule has 3 heteroatoms. The van der Waals surface area contributed by atoms with Crippen LogP contribution in [0.1, 0.15) is 15.3 Å². The number of hydrogen-bond donors (Lipinski definition) is 1. The van der Waals surface area contributed by atoms with Crippen LogP contribution in [0, 0.1) is 13.8 Å². The molecule has 2 nitrogen and oxygen atoms in total. The lowest BCUT2D eigenvalue weighted by atomic mass is 10.2. The molecule has 1 amide bonds. The summed E-state index contributed by atoms with van der Waals surface area (Å²) in [6.07, 6.45) is 0.374. The van der Waals surface area contributed by atoms with Crippen molar-refractivity contribution in [2.24, 2.45) is 5.73 Å². The molecule has 0 saturated heterocycles. The number of hydrogen-bond acceptors (Lipinski definition) is 2. The van der Waals surface area contributed by atoms with E-state index in [0.29, 0.717) is 6.42 Å². The van der Waals surface area contributed by atoms with E-state index in [0.717, 1.165) is 4.88 Å². The van der Waals surface area contributed by atoms with Crippen molar-refractivity contribution in [1.82, 2.24) is 0 Å². The lowest BCUT2D eigenvalue weighted by molar-refractivity contribution is -0.117. The Labute approximate surface area is 70.0 Å². The molecular formula is C8H11NOS. The second-order valence-electron chi connectivity index (χ2n) is 2.60.